The van der Waals surface area contributed by atoms with Crippen LogP contribution in [-0.2, 0) is 6.42 Å². The number of β-amino-alcohol motifs (C(OH)–C–C–N with tert-alkyl or cyclic N) is 1. The second-order valence-corrected chi connectivity index (χ2v) is 5.00. The van der Waals surface area contributed by atoms with Crippen LogP contribution in [0.15, 0.2) is 23.1 Å². The first kappa shape index (κ1) is 10.2. The van der Waals surface area contributed by atoms with Gasteiger partial charge >= 0.3 is 0 Å². The van der Waals surface area contributed by atoms with Crippen molar-refractivity contribution in [3.05, 3.63) is 33.0 Å². The lowest BCUT2D eigenvalue weighted by molar-refractivity contribution is 0.213. The summed E-state index contributed by atoms with van der Waals surface area (Å²) in [5.74, 6) is 0. The molecular formula is C10H12ClNOS. The number of rotatable bonds is 2. The van der Waals surface area contributed by atoms with Gasteiger partial charge in [0.15, 0.2) is 0 Å². The average molecular weight is 230 g/mol. The minimum Gasteiger partial charge on any atom is -0.388 e. The molecule has 0 spiro atoms. The summed E-state index contributed by atoms with van der Waals surface area (Å²) in [5, 5.41) is 14.6. The van der Waals surface area contributed by atoms with Crippen LogP contribution < -0.4 is 5.32 Å². The van der Waals surface area contributed by atoms with E-state index in [1.54, 1.807) is 11.3 Å². The van der Waals surface area contributed by atoms with E-state index < -0.39 is 0 Å². The molecule has 76 valence electrons. The molecule has 1 unspecified atom stereocenters. The van der Waals surface area contributed by atoms with E-state index in [1.165, 1.54) is 11.1 Å². The van der Waals surface area contributed by atoms with Crippen LogP contribution in [0, 0.1) is 0 Å². The Morgan fingerprint density at radius 2 is 2.50 bits per heavy atom. The maximum absolute atomic E-state index is 9.40. The second-order valence-electron chi connectivity index (χ2n) is 3.46. The van der Waals surface area contributed by atoms with Crippen LogP contribution >= 0.6 is 22.9 Å². The molecule has 0 saturated heterocycles. The Balaban J connectivity index is 2.03. The van der Waals surface area contributed by atoms with Crippen LogP contribution in [-0.4, -0.2) is 24.3 Å². The summed E-state index contributed by atoms with van der Waals surface area (Å²) < 4.78 is 0.824. The van der Waals surface area contributed by atoms with Gasteiger partial charge in [-0.3, -0.25) is 0 Å². The summed E-state index contributed by atoms with van der Waals surface area (Å²) in [5.41, 5.74) is 2.46. The highest BCUT2D eigenvalue weighted by Crippen LogP contribution is 2.22. The van der Waals surface area contributed by atoms with Gasteiger partial charge in [0.1, 0.15) is 0 Å². The summed E-state index contributed by atoms with van der Waals surface area (Å²) >= 11 is 7.39. The van der Waals surface area contributed by atoms with Gasteiger partial charge in [0.2, 0.25) is 0 Å². The number of thiophene rings is 1. The van der Waals surface area contributed by atoms with Gasteiger partial charge in [-0.05, 0) is 23.4 Å². The summed E-state index contributed by atoms with van der Waals surface area (Å²) in [7, 11) is 0. The standard InChI is InChI=1S/C10H12ClNOS/c11-10-3-8(6-14-10)1-7-2-9(13)5-12-4-7/h2-3,6,9,12-13H,1,4-5H2. The molecule has 1 aliphatic heterocycles. The summed E-state index contributed by atoms with van der Waals surface area (Å²) in [6, 6.07) is 1.98. The molecule has 1 aromatic heterocycles. The highest BCUT2D eigenvalue weighted by molar-refractivity contribution is 7.14. The largest absolute Gasteiger partial charge is 0.388 e. The predicted octanol–water partition coefficient (Wildman–Crippen LogP) is 1.83. The maximum atomic E-state index is 9.40. The first-order chi connectivity index (χ1) is 6.74. The zero-order chi connectivity index (χ0) is 9.97. The summed E-state index contributed by atoms with van der Waals surface area (Å²) in [4.78, 5) is 0. The van der Waals surface area contributed by atoms with Crippen molar-refractivity contribution in [1.82, 2.24) is 5.32 Å². The van der Waals surface area contributed by atoms with Gasteiger partial charge in [0.25, 0.3) is 0 Å². The lowest BCUT2D eigenvalue weighted by Gasteiger charge is -2.18. The molecule has 2 N–H and O–H groups in total. The van der Waals surface area contributed by atoms with E-state index in [9.17, 15) is 5.11 Å². The number of halogens is 1. The third-order valence-corrected chi connectivity index (χ3v) is 3.33. The summed E-state index contributed by atoms with van der Waals surface area (Å²) in [6.45, 7) is 1.53. The van der Waals surface area contributed by atoms with E-state index in [-0.39, 0.29) is 6.10 Å². The number of aliphatic hydroxyl groups excluding tert-OH is 1. The summed E-state index contributed by atoms with van der Waals surface area (Å²) in [6.07, 6.45) is 2.47. The van der Waals surface area contributed by atoms with Crippen LogP contribution in [0.4, 0.5) is 0 Å². The zero-order valence-corrected chi connectivity index (χ0v) is 9.24. The smallest absolute Gasteiger partial charge is 0.0931 e. The fraction of sp³-hybridized carbons (Fsp3) is 0.400. The number of nitrogens with one attached hydrogen (secondary N) is 1. The maximum Gasteiger partial charge on any atom is 0.0931 e. The number of hydrogen-bond donors (Lipinski definition) is 2. The van der Waals surface area contributed by atoms with Crippen LogP contribution in [0.3, 0.4) is 0 Å². The average Bonchev–Trinajstić information content (AvgIpc) is 2.51. The van der Waals surface area contributed by atoms with Crippen molar-refractivity contribution in [3.63, 3.8) is 0 Å². The molecule has 0 fully saturated rings. The second kappa shape index (κ2) is 4.45. The van der Waals surface area contributed by atoms with Crippen molar-refractivity contribution in [3.8, 4) is 0 Å². The Hall–Kier alpha value is -0.350. The van der Waals surface area contributed by atoms with Crippen molar-refractivity contribution in [2.45, 2.75) is 12.5 Å². The SMILES string of the molecule is OC1C=C(Cc2csc(Cl)c2)CNC1. The third-order valence-electron chi connectivity index (χ3n) is 2.19. The van der Waals surface area contributed by atoms with Crippen molar-refractivity contribution >= 4 is 22.9 Å². The molecule has 0 bridgehead atoms. The molecule has 2 heterocycles. The highest BCUT2D eigenvalue weighted by Gasteiger charge is 2.10. The number of aliphatic hydroxyl groups is 1. The van der Waals surface area contributed by atoms with E-state index in [2.05, 4.69) is 10.7 Å². The van der Waals surface area contributed by atoms with Crippen LogP contribution in [0.2, 0.25) is 4.34 Å². The van der Waals surface area contributed by atoms with Gasteiger partial charge in [-0.15, -0.1) is 11.3 Å². The minimum atomic E-state index is -0.340. The minimum absolute atomic E-state index is 0.340. The Kier molecular flexibility index (Phi) is 3.23. The van der Waals surface area contributed by atoms with Crippen molar-refractivity contribution in [1.29, 1.82) is 0 Å². The third kappa shape index (κ3) is 2.58. The molecule has 0 aromatic carbocycles. The topological polar surface area (TPSA) is 32.3 Å². The molecule has 2 nitrogen and oxygen atoms in total. The monoisotopic (exact) mass is 229 g/mol. The van der Waals surface area contributed by atoms with E-state index in [1.807, 2.05) is 12.1 Å². The Bertz CT molecular complexity index is 348. The van der Waals surface area contributed by atoms with Gasteiger partial charge in [-0.1, -0.05) is 23.3 Å². The molecule has 14 heavy (non-hydrogen) atoms. The molecule has 0 saturated carbocycles. The van der Waals surface area contributed by atoms with Crippen molar-refractivity contribution in [2.75, 3.05) is 13.1 Å². The van der Waals surface area contributed by atoms with E-state index in [4.69, 9.17) is 11.6 Å². The molecule has 1 atom stereocenters. The molecular weight excluding hydrogens is 218 g/mol. The van der Waals surface area contributed by atoms with Crippen molar-refractivity contribution in [2.24, 2.45) is 0 Å². The highest BCUT2D eigenvalue weighted by atomic mass is 35.5. The van der Waals surface area contributed by atoms with Gasteiger partial charge < -0.3 is 10.4 Å². The zero-order valence-electron chi connectivity index (χ0n) is 7.66. The number of hydrogen-bond acceptors (Lipinski definition) is 3. The lowest BCUT2D eigenvalue weighted by Crippen LogP contribution is -2.32. The van der Waals surface area contributed by atoms with E-state index in [0.717, 1.165) is 17.3 Å². The van der Waals surface area contributed by atoms with Gasteiger partial charge in [-0.25, -0.2) is 0 Å². The first-order valence-electron chi connectivity index (χ1n) is 4.55. The molecule has 0 radical (unpaired) electrons. The van der Waals surface area contributed by atoms with Crippen LogP contribution in [0.1, 0.15) is 5.56 Å². The molecule has 4 heteroatoms. The Morgan fingerprint density at radius 3 is 3.14 bits per heavy atom. The molecule has 2 rings (SSSR count). The van der Waals surface area contributed by atoms with E-state index >= 15 is 0 Å². The fourth-order valence-corrected chi connectivity index (χ4v) is 2.50. The predicted molar refractivity (Wildman–Crippen MR) is 60.0 cm³/mol. The van der Waals surface area contributed by atoms with Crippen LogP contribution in [0.25, 0.3) is 0 Å². The Labute approximate surface area is 92.2 Å². The Morgan fingerprint density at radius 1 is 1.64 bits per heavy atom. The molecule has 0 amide bonds. The van der Waals surface area contributed by atoms with E-state index in [0.29, 0.717) is 6.54 Å². The van der Waals surface area contributed by atoms with Gasteiger partial charge in [-0.2, -0.15) is 0 Å². The van der Waals surface area contributed by atoms with Crippen LogP contribution in [0.5, 0.6) is 0 Å². The molecule has 1 aliphatic rings. The first-order valence-corrected chi connectivity index (χ1v) is 5.81. The van der Waals surface area contributed by atoms with Gasteiger partial charge in [0, 0.05) is 13.1 Å². The van der Waals surface area contributed by atoms with Crippen molar-refractivity contribution < 1.29 is 5.11 Å². The molecule has 0 aliphatic carbocycles. The normalized spacial score (nSPS) is 22.1. The quantitative estimate of drug-likeness (QED) is 0.759. The molecule has 1 aromatic rings. The van der Waals surface area contributed by atoms with Gasteiger partial charge in [0.05, 0.1) is 10.4 Å². The fourth-order valence-electron chi connectivity index (χ4n) is 1.59. The lowest BCUT2D eigenvalue weighted by atomic mass is 10.0.